The van der Waals surface area contributed by atoms with Gasteiger partial charge in [0.15, 0.2) is 4.77 Å². The van der Waals surface area contributed by atoms with Gasteiger partial charge in [-0.1, -0.05) is 6.07 Å². The maximum atomic E-state index is 13.4. The molecular formula is C11H10F2N2S. The highest BCUT2D eigenvalue weighted by Crippen LogP contribution is 2.12. The van der Waals surface area contributed by atoms with Crippen molar-refractivity contribution >= 4 is 12.2 Å². The largest absolute Gasteiger partial charge is 0.335 e. The molecule has 0 bridgehead atoms. The van der Waals surface area contributed by atoms with Crippen molar-refractivity contribution in [1.29, 1.82) is 0 Å². The lowest BCUT2D eigenvalue weighted by atomic mass is 10.2. The summed E-state index contributed by atoms with van der Waals surface area (Å²) in [6.07, 6.45) is 1.80. The SMILES string of the molecule is Cc1cn(Cc2ccc(F)cc2F)c(=S)[nH]1. The summed E-state index contributed by atoms with van der Waals surface area (Å²) in [6.45, 7) is 2.17. The number of halogens is 2. The lowest BCUT2D eigenvalue weighted by Crippen LogP contribution is -2.01. The Morgan fingerprint density at radius 3 is 2.69 bits per heavy atom. The molecule has 1 N–H and O–H groups in total. The molecule has 84 valence electrons. The fraction of sp³-hybridized carbons (Fsp3) is 0.182. The van der Waals surface area contributed by atoms with Gasteiger partial charge in [0.1, 0.15) is 11.6 Å². The summed E-state index contributed by atoms with van der Waals surface area (Å²) in [7, 11) is 0. The number of nitrogens with zero attached hydrogens (tertiary/aromatic N) is 1. The van der Waals surface area contributed by atoms with Crippen molar-refractivity contribution in [2.45, 2.75) is 13.5 Å². The topological polar surface area (TPSA) is 20.7 Å². The van der Waals surface area contributed by atoms with Crippen LogP contribution in [0.4, 0.5) is 8.78 Å². The molecule has 5 heteroatoms. The van der Waals surface area contributed by atoms with Crippen LogP contribution in [0.3, 0.4) is 0 Å². The molecule has 0 spiro atoms. The van der Waals surface area contributed by atoms with Crippen LogP contribution in [0.5, 0.6) is 0 Å². The molecule has 16 heavy (non-hydrogen) atoms. The summed E-state index contributed by atoms with van der Waals surface area (Å²) in [5.74, 6) is -1.13. The fourth-order valence-electron chi connectivity index (χ4n) is 1.52. The minimum atomic E-state index is -0.574. The standard InChI is InChI=1S/C11H10F2N2S/c1-7-5-15(11(16)14-7)6-8-2-3-9(12)4-10(8)13/h2-5H,6H2,1H3,(H,14,16). The molecule has 0 saturated carbocycles. The third-order valence-electron chi connectivity index (χ3n) is 2.27. The number of H-pyrrole nitrogens is 1. The van der Waals surface area contributed by atoms with E-state index < -0.39 is 11.6 Å². The number of hydrogen-bond donors (Lipinski definition) is 1. The van der Waals surface area contributed by atoms with E-state index in [4.69, 9.17) is 12.2 Å². The second-order valence-electron chi connectivity index (χ2n) is 3.61. The zero-order valence-electron chi connectivity index (χ0n) is 8.63. The van der Waals surface area contributed by atoms with Crippen molar-refractivity contribution in [3.63, 3.8) is 0 Å². The Bertz CT molecular complexity index is 572. The van der Waals surface area contributed by atoms with E-state index in [2.05, 4.69) is 4.98 Å². The molecule has 0 aliphatic carbocycles. The molecule has 0 aliphatic rings. The maximum Gasteiger partial charge on any atom is 0.177 e. The van der Waals surface area contributed by atoms with Crippen molar-refractivity contribution < 1.29 is 8.78 Å². The first-order chi connectivity index (χ1) is 7.56. The number of aromatic nitrogens is 2. The summed E-state index contributed by atoms with van der Waals surface area (Å²) in [5.41, 5.74) is 1.32. The number of aromatic amines is 1. The Balaban J connectivity index is 2.34. The van der Waals surface area contributed by atoms with Crippen LogP contribution in [0.15, 0.2) is 24.4 Å². The number of imidazole rings is 1. The highest BCUT2D eigenvalue weighted by molar-refractivity contribution is 7.71. The summed E-state index contributed by atoms with van der Waals surface area (Å²) in [4.78, 5) is 2.94. The van der Waals surface area contributed by atoms with Gasteiger partial charge in [-0.25, -0.2) is 8.78 Å². The van der Waals surface area contributed by atoms with Gasteiger partial charge in [0.05, 0.1) is 6.54 Å². The summed E-state index contributed by atoms with van der Waals surface area (Å²) >= 11 is 5.05. The zero-order chi connectivity index (χ0) is 11.7. The van der Waals surface area contributed by atoms with Gasteiger partial charge < -0.3 is 9.55 Å². The molecule has 0 saturated heterocycles. The molecule has 1 heterocycles. The van der Waals surface area contributed by atoms with Crippen LogP contribution in [0.2, 0.25) is 0 Å². The molecule has 0 fully saturated rings. The highest BCUT2D eigenvalue weighted by Gasteiger charge is 2.05. The van der Waals surface area contributed by atoms with Gasteiger partial charge in [-0.05, 0) is 25.2 Å². The molecule has 2 nitrogen and oxygen atoms in total. The second-order valence-corrected chi connectivity index (χ2v) is 3.99. The second kappa shape index (κ2) is 4.17. The molecule has 0 amide bonds. The van der Waals surface area contributed by atoms with Crippen LogP contribution in [0, 0.1) is 23.3 Å². The molecule has 1 aromatic carbocycles. The molecule has 0 radical (unpaired) electrons. The van der Waals surface area contributed by atoms with Crippen molar-refractivity contribution in [3.8, 4) is 0 Å². The summed E-state index contributed by atoms with van der Waals surface area (Å²) in [6, 6.07) is 3.54. The van der Waals surface area contributed by atoms with Crippen LogP contribution in [0.25, 0.3) is 0 Å². The van der Waals surface area contributed by atoms with Crippen molar-refractivity contribution in [1.82, 2.24) is 9.55 Å². The van der Waals surface area contributed by atoms with Crippen LogP contribution < -0.4 is 0 Å². The normalized spacial score (nSPS) is 10.7. The Labute approximate surface area is 96.5 Å². The van der Waals surface area contributed by atoms with Crippen LogP contribution in [-0.2, 0) is 6.54 Å². The maximum absolute atomic E-state index is 13.4. The van der Waals surface area contributed by atoms with E-state index in [1.807, 2.05) is 6.92 Å². The van der Waals surface area contributed by atoms with E-state index in [9.17, 15) is 8.78 Å². The van der Waals surface area contributed by atoms with E-state index in [1.165, 1.54) is 12.1 Å². The Morgan fingerprint density at radius 2 is 2.12 bits per heavy atom. The fourth-order valence-corrected chi connectivity index (χ4v) is 1.79. The molecule has 0 aliphatic heterocycles. The number of rotatable bonds is 2. The monoisotopic (exact) mass is 240 g/mol. The molecular weight excluding hydrogens is 230 g/mol. The first kappa shape index (κ1) is 11.0. The van der Waals surface area contributed by atoms with Gasteiger partial charge in [0.25, 0.3) is 0 Å². The van der Waals surface area contributed by atoms with E-state index in [0.29, 0.717) is 16.9 Å². The molecule has 2 rings (SSSR count). The number of benzene rings is 1. The molecule has 2 aromatic rings. The Kier molecular flexibility index (Phi) is 2.87. The van der Waals surface area contributed by atoms with Gasteiger partial charge in [-0.2, -0.15) is 0 Å². The molecule has 0 unspecified atom stereocenters. The quantitative estimate of drug-likeness (QED) is 0.799. The predicted molar refractivity (Wildman–Crippen MR) is 59.8 cm³/mol. The van der Waals surface area contributed by atoms with E-state index in [0.717, 1.165) is 11.8 Å². The van der Waals surface area contributed by atoms with Gasteiger partial charge in [0.2, 0.25) is 0 Å². The van der Waals surface area contributed by atoms with Gasteiger partial charge in [0, 0.05) is 23.5 Å². The third-order valence-corrected chi connectivity index (χ3v) is 2.61. The lowest BCUT2D eigenvalue weighted by molar-refractivity contribution is 0.565. The molecule has 0 atom stereocenters. The average molecular weight is 240 g/mol. The average Bonchev–Trinajstić information content (AvgIpc) is 2.50. The van der Waals surface area contributed by atoms with Crippen molar-refractivity contribution in [2.24, 2.45) is 0 Å². The Morgan fingerprint density at radius 1 is 1.38 bits per heavy atom. The smallest absolute Gasteiger partial charge is 0.177 e. The highest BCUT2D eigenvalue weighted by atomic mass is 32.1. The van der Waals surface area contributed by atoms with Crippen molar-refractivity contribution in [2.75, 3.05) is 0 Å². The van der Waals surface area contributed by atoms with Gasteiger partial charge in [-0.3, -0.25) is 0 Å². The van der Waals surface area contributed by atoms with Gasteiger partial charge in [-0.15, -0.1) is 0 Å². The predicted octanol–water partition coefficient (Wildman–Crippen LogP) is 3.18. The van der Waals surface area contributed by atoms with Gasteiger partial charge >= 0.3 is 0 Å². The van der Waals surface area contributed by atoms with Crippen LogP contribution in [-0.4, -0.2) is 9.55 Å². The Hall–Kier alpha value is -1.49. The minimum Gasteiger partial charge on any atom is -0.335 e. The van der Waals surface area contributed by atoms with Crippen LogP contribution >= 0.6 is 12.2 Å². The number of aryl methyl sites for hydroxylation is 1. The zero-order valence-corrected chi connectivity index (χ0v) is 9.44. The number of hydrogen-bond acceptors (Lipinski definition) is 1. The van der Waals surface area contributed by atoms with E-state index in [-0.39, 0.29) is 0 Å². The van der Waals surface area contributed by atoms with Crippen LogP contribution in [0.1, 0.15) is 11.3 Å². The first-order valence-corrected chi connectivity index (χ1v) is 5.17. The lowest BCUT2D eigenvalue weighted by Gasteiger charge is -2.04. The third kappa shape index (κ3) is 2.19. The first-order valence-electron chi connectivity index (χ1n) is 4.76. The molecule has 1 aromatic heterocycles. The van der Waals surface area contributed by atoms with E-state index >= 15 is 0 Å². The summed E-state index contributed by atoms with van der Waals surface area (Å²) < 4.78 is 28.3. The van der Waals surface area contributed by atoms with Crippen molar-refractivity contribution in [3.05, 3.63) is 52.1 Å². The minimum absolute atomic E-state index is 0.301. The summed E-state index contributed by atoms with van der Waals surface area (Å²) in [5, 5.41) is 0. The number of nitrogens with one attached hydrogen (secondary N) is 1. The van der Waals surface area contributed by atoms with E-state index in [1.54, 1.807) is 10.8 Å².